The molecule has 2 saturated heterocycles. The second-order valence-corrected chi connectivity index (χ2v) is 7.34. The predicted molar refractivity (Wildman–Crippen MR) is 86.3 cm³/mol. The summed E-state index contributed by atoms with van der Waals surface area (Å²) in [6, 6.07) is 3.43. The Morgan fingerprint density at radius 3 is 2.58 bits per heavy atom. The molecule has 1 aromatic rings. The normalized spacial score (nSPS) is 24.4. The van der Waals surface area contributed by atoms with Crippen LogP contribution in [0.2, 0.25) is 0 Å². The fraction of sp³-hybridized carbons (Fsp3) is 0.647. The van der Waals surface area contributed by atoms with Gasteiger partial charge in [0.15, 0.2) is 0 Å². The first-order valence-electron chi connectivity index (χ1n) is 8.62. The number of amides is 2. The highest BCUT2D eigenvalue weighted by Gasteiger charge is 2.39. The molecule has 3 fully saturated rings. The van der Waals surface area contributed by atoms with E-state index in [4.69, 9.17) is 0 Å². The van der Waals surface area contributed by atoms with Gasteiger partial charge in [0.25, 0.3) is 5.56 Å². The molecule has 128 valence electrons. The van der Waals surface area contributed by atoms with E-state index in [0.717, 1.165) is 18.5 Å². The van der Waals surface area contributed by atoms with Crippen LogP contribution in [0.3, 0.4) is 0 Å². The minimum atomic E-state index is -0.206. The van der Waals surface area contributed by atoms with Crippen molar-refractivity contribution in [3.8, 4) is 0 Å². The lowest BCUT2D eigenvalue weighted by Gasteiger charge is -2.40. The molecule has 3 heterocycles. The van der Waals surface area contributed by atoms with Crippen LogP contribution in [0.4, 0.5) is 0 Å². The molecule has 2 aliphatic heterocycles. The fourth-order valence-corrected chi connectivity index (χ4v) is 3.59. The highest BCUT2D eigenvalue weighted by Crippen LogP contribution is 2.38. The molecule has 7 nitrogen and oxygen atoms in total. The zero-order chi connectivity index (χ0) is 16.8. The molecule has 1 atom stereocenters. The zero-order valence-electron chi connectivity index (χ0n) is 13.9. The molecule has 1 aromatic heterocycles. The molecule has 0 radical (unpaired) electrons. The van der Waals surface area contributed by atoms with Crippen LogP contribution in [0.5, 0.6) is 0 Å². The van der Waals surface area contributed by atoms with Gasteiger partial charge in [0.05, 0.1) is 18.2 Å². The zero-order valence-corrected chi connectivity index (χ0v) is 13.9. The first-order chi connectivity index (χ1) is 11.5. The first-order valence-corrected chi connectivity index (χ1v) is 8.62. The summed E-state index contributed by atoms with van der Waals surface area (Å²) in [4.78, 5) is 39.3. The molecule has 3 aliphatic rings. The Hall–Kier alpha value is -2.18. The SMILES string of the molecule is CN1CC(C(=O)N2CC(Cn3nc(C4CC4)ccc3=O)C2)CC1=O. The third-order valence-electron chi connectivity index (χ3n) is 5.27. The van der Waals surface area contributed by atoms with Gasteiger partial charge in [-0.3, -0.25) is 14.4 Å². The number of rotatable bonds is 4. The third-order valence-corrected chi connectivity index (χ3v) is 5.27. The predicted octanol–water partition coefficient (Wildman–Crippen LogP) is 0.0574. The van der Waals surface area contributed by atoms with Crippen molar-refractivity contribution < 1.29 is 9.59 Å². The van der Waals surface area contributed by atoms with Gasteiger partial charge in [-0.15, -0.1) is 0 Å². The van der Waals surface area contributed by atoms with E-state index in [1.165, 1.54) is 0 Å². The summed E-state index contributed by atoms with van der Waals surface area (Å²) < 4.78 is 1.55. The average molecular weight is 330 g/mol. The van der Waals surface area contributed by atoms with Gasteiger partial charge in [-0.1, -0.05) is 0 Å². The summed E-state index contributed by atoms with van der Waals surface area (Å²) in [5.74, 6) is 0.688. The highest BCUT2D eigenvalue weighted by atomic mass is 16.2. The molecule has 0 spiro atoms. The standard InChI is InChI=1S/C17H22N4O3/c1-19-10-13(6-16(19)23)17(24)20-7-11(8-20)9-21-15(22)5-4-14(18-21)12-2-3-12/h4-5,11-13H,2-3,6-10H2,1H3. The number of carbonyl (C=O) groups is 2. The second-order valence-electron chi connectivity index (χ2n) is 7.34. The summed E-state index contributed by atoms with van der Waals surface area (Å²) in [5.41, 5.74) is 0.932. The monoisotopic (exact) mass is 330 g/mol. The molecule has 2 amide bonds. The van der Waals surface area contributed by atoms with E-state index in [0.29, 0.717) is 38.5 Å². The minimum Gasteiger partial charge on any atom is -0.345 e. The maximum Gasteiger partial charge on any atom is 0.266 e. The van der Waals surface area contributed by atoms with Crippen molar-refractivity contribution in [2.75, 3.05) is 26.7 Å². The van der Waals surface area contributed by atoms with E-state index in [2.05, 4.69) is 5.10 Å². The number of carbonyl (C=O) groups excluding carboxylic acids is 2. The molecule has 24 heavy (non-hydrogen) atoms. The Balaban J connectivity index is 1.33. The van der Waals surface area contributed by atoms with Crippen molar-refractivity contribution in [3.05, 3.63) is 28.2 Å². The Kier molecular flexibility index (Phi) is 3.66. The van der Waals surface area contributed by atoms with Crippen LogP contribution in [0.25, 0.3) is 0 Å². The highest BCUT2D eigenvalue weighted by molar-refractivity contribution is 5.89. The molecule has 0 N–H and O–H groups in total. The quantitative estimate of drug-likeness (QED) is 0.782. The molecule has 1 aliphatic carbocycles. The summed E-state index contributed by atoms with van der Waals surface area (Å²) in [6.45, 7) is 2.37. The molecule has 0 aromatic carbocycles. The molecule has 1 unspecified atom stereocenters. The van der Waals surface area contributed by atoms with E-state index >= 15 is 0 Å². The Labute approximate surface area is 140 Å². The van der Waals surface area contributed by atoms with Crippen molar-refractivity contribution >= 4 is 11.8 Å². The van der Waals surface area contributed by atoms with Gasteiger partial charge >= 0.3 is 0 Å². The molecule has 7 heteroatoms. The van der Waals surface area contributed by atoms with E-state index in [1.807, 2.05) is 6.07 Å². The van der Waals surface area contributed by atoms with E-state index < -0.39 is 0 Å². The van der Waals surface area contributed by atoms with Crippen LogP contribution >= 0.6 is 0 Å². The van der Waals surface area contributed by atoms with Gasteiger partial charge in [-0.05, 0) is 18.9 Å². The van der Waals surface area contributed by atoms with Crippen molar-refractivity contribution in [2.24, 2.45) is 11.8 Å². The smallest absolute Gasteiger partial charge is 0.266 e. The number of hydrogen-bond donors (Lipinski definition) is 0. The maximum absolute atomic E-state index is 12.4. The Morgan fingerprint density at radius 1 is 1.21 bits per heavy atom. The van der Waals surface area contributed by atoms with Crippen LogP contribution in [0.15, 0.2) is 16.9 Å². The van der Waals surface area contributed by atoms with Crippen LogP contribution in [-0.2, 0) is 16.1 Å². The van der Waals surface area contributed by atoms with Crippen LogP contribution < -0.4 is 5.56 Å². The molecular formula is C17H22N4O3. The Morgan fingerprint density at radius 2 is 1.96 bits per heavy atom. The second kappa shape index (κ2) is 5.72. The van der Waals surface area contributed by atoms with Gasteiger partial charge in [-0.25, -0.2) is 4.68 Å². The van der Waals surface area contributed by atoms with Crippen molar-refractivity contribution in [1.29, 1.82) is 0 Å². The largest absolute Gasteiger partial charge is 0.345 e. The van der Waals surface area contributed by atoms with Crippen molar-refractivity contribution in [2.45, 2.75) is 31.7 Å². The van der Waals surface area contributed by atoms with E-state index in [-0.39, 0.29) is 29.2 Å². The van der Waals surface area contributed by atoms with E-state index in [9.17, 15) is 14.4 Å². The molecule has 1 saturated carbocycles. The third kappa shape index (κ3) is 2.83. The molecule has 0 bridgehead atoms. The lowest BCUT2D eigenvalue weighted by atomic mass is 9.96. The summed E-state index contributed by atoms with van der Waals surface area (Å²) in [5, 5.41) is 4.47. The maximum atomic E-state index is 12.4. The van der Waals surface area contributed by atoms with Gasteiger partial charge in [0.2, 0.25) is 11.8 Å². The lowest BCUT2D eigenvalue weighted by molar-refractivity contribution is -0.142. The lowest BCUT2D eigenvalue weighted by Crippen LogP contribution is -2.54. The first kappa shape index (κ1) is 15.4. The summed E-state index contributed by atoms with van der Waals surface area (Å²) in [6.07, 6.45) is 2.64. The molecular weight excluding hydrogens is 308 g/mol. The van der Waals surface area contributed by atoms with Crippen molar-refractivity contribution in [1.82, 2.24) is 19.6 Å². The minimum absolute atomic E-state index is 0.0399. The van der Waals surface area contributed by atoms with E-state index in [1.54, 1.807) is 27.6 Å². The van der Waals surface area contributed by atoms with Gasteiger partial charge in [-0.2, -0.15) is 5.10 Å². The number of likely N-dealkylation sites (tertiary alicyclic amines) is 2. The number of aromatic nitrogens is 2. The number of hydrogen-bond acceptors (Lipinski definition) is 4. The Bertz CT molecular complexity index is 734. The van der Waals surface area contributed by atoms with Gasteiger partial charge < -0.3 is 9.80 Å². The average Bonchev–Trinajstić information content (AvgIpc) is 3.30. The van der Waals surface area contributed by atoms with Crippen LogP contribution in [-0.4, -0.2) is 58.1 Å². The fourth-order valence-electron chi connectivity index (χ4n) is 3.59. The van der Waals surface area contributed by atoms with Gasteiger partial charge in [0.1, 0.15) is 0 Å². The van der Waals surface area contributed by atoms with Crippen molar-refractivity contribution in [3.63, 3.8) is 0 Å². The number of nitrogens with zero attached hydrogens (tertiary/aromatic N) is 4. The molecule has 4 rings (SSSR count). The topological polar surface area (TPSA) is 75.5 Å². The van der Waals surface area contributed by atoms with Crippen LogP contribution in [0, 0.1) is 11.8 Å². The van der Waals surface area contributed by atoms with Gasteiger partial charge in [0, 0.05) is 51.0 Å². The summed E-state index contributed by atoms with van der Waals surface area (Å²) >= 11 is 0. The summed E-state index contributed by atoms with van der Waals surface area (Å²) in [7, 11) is 1.74. The van der Waals surface area contributed by atoms with Crippen LogP contribution in [0.1, 0.15) is 30.9 Å².